The Labute approximate surface area is 243 Å². The topological polar surface area (TPSA) is 118 Å². The average molecular weight is 568 g/mol. The van der Waals surface area contributed by atoms with Gasteiger partial charge in [0.25, 0.3) is 0 Å². The number of piperidine rings is 1. The van der Waals surface area contributed by atoms with Crippen molar-refractivity contribution in [1.82, 2.24) is 19.7 Å². The number of ether oxygens (including phenoxy) is 1. The van der Waals surface area contributed by atoms with Crippen molar-refractivity contribution < 1.29 is 24.5 Å². The number of aliphatic hydroxyl groups is 1. The molecule has 224 valence electrons. The van der Waals surface area contributed by atoms with E-state index >= 15 is 0 Å². The monoisotopic (exact) mass is 567 g/mol. The summed E-state index contributed by atoms with van der Waals surface area (Å²) in [6.45, 7) is 13.4. The van der Waals surface area contributed by atoms with Gasteiger partial charge in [-0.1, -0.05) is 31.2 Å². The number of nitrogens with one attached hydrogen (secondary N) is 1. The first-order valence-corrected chi connectivity index (χ1v) is 14.7. The molecule has 1 amide bonds. The molecule has 0 bridgehead atoms. The van der Waals surface area contributed by atoms with Crippen LogP contribution in [0, 0.1) is 5.92 Å². The smallest absolute Gasteiger partial charge is 0.412 e. The molecule has 1 aromatic carbocycles. The van der Waals surface area contributed by atoms with Crippen LogP contribution < -0.4 is 5.32 Å². The first kappa shape index (κ1) is 30.9. The summed E-state index contributed by atoms with van der Waals surface area (Å²) in [5.74, 6) is -0.256. The molecule has 0 saturated carbocycles. The van der Waals surface area contributed by atoms with Gasteiger partial charge < -0.3 is 19.8 Å². The standard InChI is InChI=1S/C31H45N5O5/c1-5-22-7-6-8-24(17-22)25-18-26(33-30(40)41-31(2,3)4)28(32-19-25)29(39)36-11-9-23(10-12-36)20-34-13-15-35(16-14-34)21-27(37)38/h6-8,17-19,23,29,39H,5,9-16,20-21H2,1-4H3,(H,33,40)(H,37,38). The predicted molar refractivity (Wildman–Crippen MR) is 159 cm³/mol. The molecule has 2 aliphatic rings. The molecule has 2 fully saturated rings. The maximum absolute atomic E-state index is 12.7. The van der Waals surface area contributed by atoms with E-state index in [1.165, 1.54) is 5.56 Å². The number of pyridine rings is 1. The lowest BCUT2D eigenvalue weighted by atomic mass is 9.95. The summed E-state index contributed by atoms with van der Waals surface area (Å²) in [6, 6.07) is 10.1. The normalized spacial score (nSPS) is 18.7. The van der Waals surface area contributed by atoms with Crippen LogP contribution >= 0.6 is 0 Å². The Balaban J connectivity index is 1.42. The number of aryl methyl sites for hydroxylation is 1. The number of likely N-dealkylation sites (tertiary alicyclic amines) is 1. The van der Waals surface area contributed by atoms with Crippen molar-refractivity contribution >= 4 is 17.7 Å². The Morgan fingerprint density at radius 1 is 1.05 bits per heavy atom. The van der Waals surface area contributed by atoms with Gasteiger partial charge in [0.15, 0.2) is 6.23 Å². The maximum Gasteiger partial charge on any atom is 0.412 e. The van der Waals surface area contributed by atoms with E-state index in [-0.39, 0.29) is 6.54 Å². The van der Waals surface area contributed by atoms with E-state index in [1.54, 1.807) is 6.20 Å². The average Bonchev–Trinajstić information content (AvgIpc) is 2.93. The summed E-state index contributed by atoms with van der Waals surface area (Å²) in [5.41, 5.74) is 3.23. The van der Waals surface area contributed by atoms with Gasteiger partial charge in [-0.3, -0.25) is 24.9 Å². The minimum Gasteiger partial charge on any atom is -0.480 e. The third kappa shape index (κ3) is 8.97. The van der Waals surface area contributed by atoms with Crippen LogP contribution in [0.1, 0.15) is 58.0 Å². The molecule has 2 aliphatic heterocycles. The van der Waals surface area contributed by atoms with Crippen LogP contribution in [0.25, 0.3) is 11.1 Å². The van der Waals surface area contributed by atoms with Gasteiger partial charge in [0.1, 0.15) is 11.3 Å². The molecular formula is C31H45N5O5. The molecule has 3 N–H and O–H groups in total. The Bertz CT molecular complexity index is 1180. The van der Waals surface area contributed by atoms with Gasteiger partial charge in [-0.25, -0.2) is 4.79 Å². The van der Waals surface area contributed by atoms with Crippen LogP contribution in [-0.4, -0.2) is 99.9 Å². The van der Waals surface area contributed by atoms with Crippen LogP contribution in [0.15, 0.2) is 36.5 Å². The quantitative estimate of drug-likeness (QED) is 0.412. The largest absolute Gasteiger partial charge is 0.480 e. The van der Waals surface area contributed by atoms with Crippen LogP contribution in [0.3, 0.4) is 0 Å². The fraction of sp³-hybridized carbons (Fsp3) is 0.581. The number of aliphatic carboxylic acids is 1. The molecule has 41 heavy (non-hydrogen) atoms. The van der Waals surface area contributed by atoms with Gasteiger partial charge in [-0.2, -0.15) is 0 Å². The number of aliphatic hydroxyl groups excluding tert-OH is 1. The summed E-state index contributed by atoms with van der Waals surface area (Å²) >= 11 is 0. The van der Waals surface area contributed by atoms with E-state index in [0.29, 0.717) is 17.3 Å². The van der Waals surface area contributed by atoms with Crippen molar-refractivity contribution in [3.63, 3.8) is 0 Å². The molecule has 0 spiro atoms. The van der Waals surface area contributed by atoms with Crippen LogP contribution in [0.4, 0.5) is 10.5 Å². The second-order valence-electron chi connectivity index (χ2n) is 12.2. The highest BCUT2D eigenvalue weighted by molar-refractivity contribution is 5.87. The van der Waals surface area contributed by atoms with E-state index < -0.39 is 23.9 Å². The SMILES string of the molecule is CCc1cccc(-c2cnc(C(O)N3CCC(CN4CCN(CC(=O)O)CC4)CC3)c(NC(=O)OC(C)(C)C)c2)c1. The zero-order valence-corrected chi connectivity index (χ0v) is 24.8. The molecule has 10 nitrogen and oxygen atoms in total. The van der Waals surface area contributed by atoms with Crippen molar-refractivity contribution in [3.05, 3.63) is 47.8 Å². The van der Waals surface area contributed by atoms with Gasteiger partial charge in [-0.15, -0.1) is 0 Å². The van der Waals surface area contributed by atoms with Crippen molar-refractivity contribution in [2.45, 2.75) is 58.8 Å². The molecule has 2 aromatic rings. The number of carboxylic acid groups (broad SMARTS) is 1. The van der Waals surface area contributed by atoms with E-state index in [9.17, 15) is 14.7 Å². The van der Waals surface area contributed by atoms with Crippen molar-refractivity contribution in [3.8, 4) is 11.1 Å². The zero-order valence-electron chi connectivity index (χ0n) is 24.8. The summed E-state index contributed by atoms with van der Waals surface area (Å²) in [5, 5.41) is 23.3. The molecule has 0 radical (unpaired) electrons. The number of rotatable bonds is 9. The summed E-state index contributed by atoms with van der Waals surface area (Å²) < 4.78 is 5.51. The van der Waals surface area contributed by atoms with Crippen LogP contribution in [0.5, 0.6) is 0 Å². The minimum absolute atomic E-state index is 0.106. The molecule has 1 unspecified atom stereocenters. The van der Waals surface area contributed by atoms with E-state index in [0.717, 1.165) is 76.2 Å². The van der Waals surface area contributed by atoms with Gasteiger partial charge in [0, 0.05) is 57.6 Å². The number of hydrogen-bond donors (Lipinski definition) is 3. The molecule has 1 atom stereocenters. The third-order valence-electron chi connectivity index (χ3n) is 7.80. The highest BCUT2D eigenvalue weighted by atomic mass is 16.6. The predicted octanol–water partition coefficient (Wildman–Crippen LogP) is 4.06. The number of anilines is 1. The van der Waals surface area contributed by atoms with Crippen molar-refractivity contribution in [2.75, 3.05) is 57.7 Å². The number of piperazine rings is 1. The Morgan fingerprint density at radius 2 is 1.73 bits per heavy atom. The number of hydrogen-bond acceptors (Lipinski definition) is 8. The molecular weight excluding hydrogens is 522 g/mol. The Hall–Kier alpha value is -3.05. The fourth-order valence-electron chi connectivity index (χ4n) is 5.56. The lowest BCUT2D eigenvalue weighted by Gasteiger charge is -2.39. The Kier molecular flexibility index (Phi) is 10.4. The summed E-state index contributed by atoms with van der Waals surface area (Å²) in [4.78, 5) is 34.8. The van der Waals surface area contributed by atoms with Crippen molar-refractivity contribution in [2.24, 2.45) is 5.92 Å². The van der Waals surface area contributed by atoms with Crippen LogP contribution in [0.2, 0.25) is 0 Å². The first-order valence-electron chi connectivity index (χ1n) is 14.7. The number of carbonyl (C=O) groups excluding carboxylic acids is 1. The molecule has 1 aromatic heterocycles. The molecule has 4 rings (SSSR count). The van der Waals surface area contributed by atoms with E-state index in [2.05, 4.69) is 34.3 Å². The van der Waals surface area contributed by atoms with Gasteiger partial charge in [0.05, 0.1) is 12.2 Å². The second-order valence-corrected chi connectivity index (χ2v) is 12.2. The van der Waals surface area contributed by atoms with Crippen molar-refractivity contribution in [1.29, 1.82) is 0 Å². The lowest BCUT2D eigenvalue weighted by Crippen LogP contribution is -2.50. The number of aromatic nitrogens is 1. The second kappa shape index (κ2) is 13.7. The number of carboxylic acids is 1. The molecule has 2 saturated heterocycles. The van der Waals surface area contributed by atoms with E-state index in [1.807, 2.05) is 48.8 Å². The molecule has 10 heteroatoms. The fourth-order valence-corrected chi connectivity index (χ4v) is 5.56. The maximum atomic E-state index is 12.7. The zero-order chi connectivity index (χ0) is 29.6. The highest BCUT2D eigenvalue weighted by Gasteiger charge is 2.30. The summed E-state index contributed by atoms with van der Waals surface area (Å²) in [6.07, 6.45) is 3.01. The number of amides is 1. The van der Waals surface area contributed by atoms with E-state index in [4.69, 9.17) is 9.84 Å². The van der Waals surface area contributed by atoms with Crippen LogP contribution in [-0.2, 0) is 16.0 Å². The number of nitrogens with zero attached hydrogens (tertiary/aromatic N) is 4. The first-order chi connectivity index (χ1) is 19.5. The Morgan fingerprint density at radius 3 is 2.37 bits per heavy atom. The lowest BCUT2D eigenvalue weighted by molar-refractivity contribution is -0.138. The van der Waals surface area contributed by atoms with Gasteiger partial charge in [0.2, 0.25) is 0 Å². The third-order valence-corrected chi connectivity index (χ3v) is 7.80. The minimum atomic E-state index is -0.962. The summed E-state index contributed by atoms with van der Waals surface area (Å²) in [7, 11) is 0. The molecule has 3 heterocycles. The number of carbonyl (C=O) groups is 2. The number of benzene rings is 1. The highest BCUT2D eigenvalue weighted by Crippen LogP contribution is 2.32. The van der Waals surface area contributed by atoms with Gasteiger partial charge in [-0.05, 0) is 63.1 Å². The molecule has 0 aliphatic carbocycles. The van der Waals surface area contributed by atoms with Gasteiger partial charge >= 0.3 is 12.1 Å².